The summed E-state index contributed by atoms with van der Waals surface area (Å²) in [5.41, 5.74) is 5.94. The molecule has 5 aromatic rings. The molecule has 15 nitrogen and oxygen atoms in total. The van der Waals surface area contributed by atoms with E-state index < -0.39 is 75.6 Å². The Morgan fingerprint density at radius 3 is 2.08 bits per heavy atom. The number of aryl methyl sites for hydroxylation is 1. The lowest BCUT2D eigenvalue weighted by Crippen LogP contribution is -2.57. The molecule has 2 fully saturated rings. The predicted octanol–water partition coefficient (Wildman–Crippen LogP) is 8.13. The number of thiazole rings is 1. The van der Waals surface area contributed by atoms with Crippen molar-refractivity contribution in [2.75, 3.05) is 24.0 Å². The van der Waals surface area contributed by atoms with Gasteiger partial charge in [0.2, 0.25) is 27.7 Å². The standard InChI is InChI=1S/C54H60F3N5O10S2/c1-32-49(73-31-59-32)36-11-9-33(10-12-36)28-58-51(67)42-26-40(65)29-61(42)52(68)50(53(2,3)4)60-45(66)8-6-5-7-25-71-41-23-17-37(18-24-41)62(30-54(55,56)57)74(69,70)44-27-43-46(34-13-19-38(63)20-14-34)47(48(44)72-43)35-15-21-39(64)22-16-35/h9-24,31,40,42-44,48,50,63-65H,5-8,25-30H2,1-4H3,(H,58,67)(H,60,66)/t40-,42+,43?,44?,48?,50-/m1/s1. The Labute approximate surface area is 432 Å². The first-order valence-electron chi connectivity index (χ1n) is 24.4. The van der Waals surface area contributed by atoms with E-state index in [1.165, 1.54) is 53.4 Å². The number of fused-ring (bicyclic) bond motifs is 2. The average Bonchev–Trinajstić information content (AvgIpc) is 4.17. The van der Waals surface area contributed by atoms with Crippen LogP contribution in [0.4, 0.5) is 18.9 Å². The number of benzene rings is 4. The van der Waals surface area contributed by atoms with Gasteiger partial charge in [-0.1, -0.05) is 69.3 Å². The van der Waals surface area contributed by atoms with Crippen LogP contribution in [-0.2, 0) is 35.7 Å². The number of aromatic hydroxyl groups is 2. The summed E-state index contributed by atoms with van der Waals surface area (Å²) < 4.78 is 83.9. The number of nitrogens with one attached hydrogen (secondary N) is 2. The Morgan fingerprint density at radius 1 is 0.865 bits per heavy atom. The quantitative estimate of drug-likeness (QED) is 0.0499. The Hall–Kier alpha value is -6.48. The maximum atomic E-state index is 14.4. The lowest BCUT2D eigenvalue weighted by atomic mass is 9.83. The van der Waals surface area contributed by atoms with Crippen molar-refractivity contribution in [2.45, 2.75) is 115 Å². The Kier molecular flexibility index (Phi) is 16.1. The monoisotopic (exact) mass is 1060 g/mol. The third kappa shape index (κ3) is 12.4. The fourth-order valence-electron chi connectivity index (χ4n) is 9.77. The molecule has 4 heterocycles. The van der Waals surface area contributed by atoms with Crippen molar-refractivity contribution in [3.05, 3.63) is 125 Å². The van der Waals surface area contributed by atoms with Gasteiger partial charge in [-0.2, -0.15) is 13.2 Å². The summed E-state index contributed by atoms with van der Waals surface area (Å²) in [6.07, 6.45) is -6.22. The van der Waals surface area contributed by atoms with E-state index in [9.17, 15) is 51.3 Å². The van der Waals surface area contributed by atoms with Gasteiger partial charge in [-0.05, 0) is 120 Å². The molecule has 0 radical (unpaired) electrons. The molecule has 2 saturated heterocycles. The molecule has 394 valence electrons. The SMILES string of the molecule is Cc1ncsc1-c1ccc(CNC(=O)[C@@H]2C[C@@H](O)CN2C(=O)[C@@H](NC(=O)CCCCCOc2ccc(N(CC(F)(F)F)S(=O)(=O)C3CC4OC3C(c3ccc(O)cc3)=C4c3ccc(O)cc3)cc2)C(C)(C)C)cc1. The topological polar surface area (TPSA) is 208 Å². The first kappa shape index (κ1) is 53.8. The zero-order chi connectivity index (χ0) is 53.1. The highest BCUT2D eigenvalue weighted by Gasteiger charge is 2.55. The third-order valence-corrected chi connectivity index (χ3v) is 16.7. The Morgan fingerprint density at radius 2 is 1.49 bits per heavy atom. The number of carbonyl (C=O) groups is 3. The molecular formula is C54H60F3N5O10S2. The molecule has 4 aromatic carbocycles. The summed E-state index contributed by atoms with van der Waals surface area (Å²) in [7, 11) is -4.74. The number of hydrogen-bond acceptors (Lipinski definition) is 12. The molecule has 3 aliphatic heterocycles. The number of nitrogens with zero attached hydrogens (tertiary/aromatic N) is 3. The van der Waals surface area contributed by atoms with Crippen LogP contribution < -0.4 is 19.7 Å². The number of likely N-dealkylation sites (tertiary alicyclic amines) is 1. The number of unbranched alkanes of at least 4 members (excludes halogenated alkanes) is 2. The summed E-state index contributed by atoms with van der Waals surface area (Å²) in [6.45, 7) is 5.94. The van der Waals surface area contributed by atoms with E-state index in [1.54, 1.807) is 41.1 Å². The number of ether oxygens (including phenoxy) is 2. The van der Waals surface area contributed by atoms with Crippen LogP contribution in [0.25, 0.3) is 21.6 Å². The van der Waals surface area contributed by atoms with E-state index in [-0.39, 0.29) is 67.8 Å². The highest BCUT2D eigenvalue weighted by atomic mass is 32.2. The van der Waals surface area contributed by atoms with Crippen LogP contribution in [0, 0.1) is 12.3 Å². The summed E-state index contributed by atoms with van der Waals surface area (Å²) in [5.74, 6) is -0.972. The molecule has 2 bridgehead atoms. The van der Waals surface area contributed by atoms with E-state index in [4.69, 9.17) is 9.47 Å². The fourth-order valence-corrected chi connectivity index (χ4v) is 12.6. The molecule has 0 spiro atoms. The predicted molar refractivity (Wildman–Crippen MR) is 274 cm³/mol. The van der Waals surface area contributed by atoms with E-state index >= 15 is 0 Å². The first-order chi connectivity index (χ1) is 35.1. The minimum absolute atomic E-state index is 0.0155. The number of aromatic nitrogens is 1. The lowest BCUT2D eigenvalue weighted by molar-refractivity contribution is -0.144. The highest BCUT2D eigenvalue weighted by molar-refractivity contribution is 7.93. The third-order valence-electron chi connectivity index (χ3n) is 13.5. The van der Waals surface area contributed by atoms with Crippen molar-refractivity contribution in [3.63, 3.8) is 0 Å². The Bertz CT molecular complexity index is 2940. The molecular weight excluding hydrogens is 1000 g/mol. The van der Waals surface area contributed by atoms with Crippen LogP contribution in [0.15, 0.2) is 103 Å². The second kappa shape index (κ2) is 22.2. The number of aliphatic hydroxyl groups is 1. The van der Waals surface area contributed by atoms with Gasteiger partial charge in [0.25, 0.3) is 0 Å². The van der Waals surface area contributed by atoms with Crippen LogP contribution in [-0.4, -0.2) is 113 Å². The molecule has 3 unspecified atom stereocenters. The van der Waals surface area contributed by atoms with E-state index in [1.807, 2.05) is 52.0 Å². The summed E-state index contributed by atoms with van der Waals surface area (Å²) in [4.78, 5) is 47.6. The maximum absolute atomic E-state index is 14.4. The molecule has 0 aliphatic carbocycles. The number of phenolic OH excluding ortho intramolecular Hbond substituents is 2. The van der Waals surface area contributed by atoms with Gasteiger partial charge in [-0.3, -0.25) is 18.7 Å². The highest BCUT2D eigenvalue weighted by Crippen LogP contribution is 2.52. The van der Waals surface area contributed by atoms with Gasteiger partial charge in [0.05, 0.1) is 40.6 Å². The van der Waals surface area contributed by atoms with Crippen LogP contribution in [0.1, 0.15) is 81.7 Å². The zero-order valence-corrected chi connectivity index (χ0v) is 43.0. The summed E-state index contributed by atoms with van der Waals surface area (Å²) >= 11 is 1.55. The number of amides is 3. The van der Waals surface area contributed by atoms with Gasteiger partial charge >= 0.3 is 6.18 Å². The second-order valence-electron chi connectivity index (χ2n) is 20.0. The number of anilines is 1. The fraction of sp³-hybridized carbons (Fsp3) is 0.407. The molecule has 74 heavy (non-hydrogen) atoms. The number of hydrogen-bond donors (Lipinski definition) is 5. The lowest BCUT2D eigenvalue weighted by Gasteiger charge is -2.35. The van der Waals surface area contributed by atoms with Crippen LogP contribution in [0.5, 0.6) is 17.2 Å². The van der Waals surface area contributed by atoms with Crippen molar-refractivity contribution in [1.82, 2.24) is 20.5 Å². The molecule has 3 aliphatic rings. The minimum atomic E-state index is -4.90. The van der Waals surface area contributed by atoms with Crippen molar-refractivity contribution < 1.29 is 60.8 Å². The van der Waals surface area contributed by atoms with E-state index in [0.717, 1.165) is 21.7 Å². The minimum Gasteiger partial charge on any atom is -0.508 e. The van der Waals surface area contributed by atoms with Gasteiger partial charge in [0, 0.05) is 25.9 Å². The van der Waals surface area contributed by atoms with Crippen LogP contribution >= 0.6 is 11.3 Å². The van der Waals surface area contributed by atoms with Crippen molar-refractivity contribution >= 4 is 55.9 Å². The number of β-amino-alcohol motifs (C(OH)–C–C–N with tert-alkyl or cyclic N) is 1. The van der Waals surface area contributed by atoms with Gasteiger partial charge in [0.15, 0.2) is 0 Å². The number of aliphatic hydroxyl groups excluding tert-OH is 1. The number of phenols is 2. The van der Waals surface area contributed by atoms with Gasteiger partial charge in [0.1, 0.15) is 47.2 Å². The number of halogens is 3. The van der Waals surface area contributed by atoms with Crippen LogP contribution in [0.2, 0.25) is 0 Å². The maximum Gasteiger partial charge on any atom is 0.407 e. The molecule has 5 N–H and O–H groups in total. The van der Waals surface area contributed by atoms with Crippen molar-refractivity contribution in [2.24, 2.45) is 5.41 Å². The molecule has 8 rings (SSSR count). The normalized spacial score (nSPS) is 20.2. The Balaban J connectivity index is 0.832. The van der Waals surface area contributed by atoms with Gasteiger partial charge < -0.3 is 40.3 Å². The number of rotatable bonds is 19. The smallest absolute Gasteiger partial charge is 0.407 e. The summed E-state index contributed by atoms with van der Waals surface area (Å²) in [6, 6.07) is 23.4. The second-order valence-corrected chi connectivity index (χ2v) is 22.9. The largest absolute Gasteiger partial charge is 0.508 e. The average molecular weight is 1060 g/mol. The van der Waals surface area contributed by atoms with Crippen LogP contribution in [0.3, 0.4) is 0 Å². The number of alkyl halides is 3. The van der Waals surface area contributed by atoms with Crippen molar-refractivity contribution in [3.8, 4) is 27.7 Å². The van der Waals surface area contributed by atoms with E-state index in [0.29, 0.717) is 45.8 Å². The molecule has 20 heteroatoms. The molecule has 3 amide bonds. The van der Waals surface area contributed by atoms with E-state index in [2.05, 4.69) is 15.6 Å². The zero-order valence-electron chi connectivity index (χ0n) is 41.3. The summed E-state index contributed by atoms with van der Waals surface area (Å²) in [5, 5.41) is 34.9. The van der Waals surface area contributed by atoms with Gasteiger partial charge in [-0.15, -0.1) is 11.3 Å². The van der Waals surface area contributed by atoms with Gasteiger partial charge in [-0.25, -0.2) is 13.4 Å². The molecule has 6 atom stereocenters. The van der Waals surface area contributed by atoms with Crippen molar-refractivity contribution in [1.29, 1.82) is 0 Å². The number of carbonyl (C=O) groups excluding carboxylic acids is 3. The number of sulfonamides is 1. The first-order valence-corrected chi connectivity index (χ1v) is 26.8. The molecule has 0 saturated carbocycles. The molecule has 1 aromatic heterocycles.